The van der Waals surface area contributed by atoms with Crippen LogP contribution in [0.5, 0.6) is 5.88 Å². The zero-order chi connectivity index (χ0) is 16.1. The zero-order valence-electron chi connectivity index (χ0n) is 12.4. The summed E-state index contributed by atoms with van der Waals surface area (Å²) in [6.45, 7) is 0. The number of aromatic nitrogens is 1. The molecule has 0 unspecified atom stereocenters. The first kappa shape index (κ1) is 15.4. The van der Waals surface area contributed by atoms with Crippen LogP contribution in [0.1, 0.15) is 22.3 Å². The Labute approximate surface area is 138 Å². The van der Waals surface area contributed by atoms with Crippen LogP contribution in [0, 0.1) is 11.3 Å². The highest BCUT2D eigenvalue weighted by Gasteiger charge is 2.17. The molecule has 0 aliphatic carbocycles. The molecule has 2 heterocycles. The van der Waals surface area contributed by atoms with E-state index < -0.39 is 0 Å². The molecule has 0 bridgehead atoms. The van der Waals surface area contributed by atoms with Gasteiger partial charge in [-0.05, 0) is 30.4 Å². The lowest BCUT2D eigenvalue weighted by atomic mass is 10.2. The first-order valence-corrected chi connectivity index (χ1v) is 8.42. The molecule has 1 aliphatic rings. The fourth-order valence-corrected chi connectivity index (χ4v) is 3.34. The summed E-state index contributed by atoms with van der Waals surface area (Å²) in [5, 5.41) is 11.8. The van der Waals surface area contributed by atoms with Crippen LogP contribution in [0.4, 0.5) is 5.69 Å². The van der Waals surface area contributed by atoms with Crippen LogP contribution in [0.3, 0.4) is 0 Å². The summed E-state index contributed by atoms with van der Waals surface area (Å²) in [5.41, 5.74) is 1.33. The van der Waals surface area contributed by atoms with Crippen LogP contribution >= 0.6 is 11.8 Å². The van der Waals surface area contributed by atoms with Gasteiger partial charge in [-0.15, -0.1) is 0 Å². The molecule has 1 aliphatic heterocycles. The predicted octanol–water partition coefficient (Wildman–Crippen LogP) is 3.09. The number of hydrogen-bond acceptors (Lipinski definition) is 5. The number of para-hydroxylation sites is 1. The molecule has 5 nitrogen and oxygen atoms in total. The van der Waals surface area contributed by atoms with Gasteiger partial charge >= 0.3 is 0 Å². The number of hydrogen-bond donors (Lipinski definition) is 1. The molecule has 23 heavy (non-hydrogen) atoms. The quantitative estimate of drug-likeness (QED) is 0.935. The van der Waals surface area contributed by atoms with Crippen LogP contribution in [0.25, 0.3) is 0 Å². The summed E-state index contributed by atoms with van der Waals surface area (Å²) in [7, 11) is 0. The highest BCUT2D eigenvalue weighted by atomic mass is 32.2. The van der Waals surface area contributed by atoms with Gasteiger partial charge in [0.05, 0.1) is 16.8 Å². The second kappa shape index (κ2) is 7.16. The Kier molecular flexibility index (Phi) is 4.79. The van der Waals surface area contributed by atoms with Crippen LogP contribution in [-0.4, -0.2) is 28.5 Å². The van der Waals surface area contributed by atoms with Gasteiger partial charge in [0.15, 0.2) is 0 Å². The number of ether oxygens (including phenoxy) is 1. The van der Waals surface area contributed by atoms with Crippen LogP contribution in [-0.2, 0) is 0 Å². The van der Waals surface area contributed by atoms with E-state index in [9.17, 15) is 4.79 Å². The Balaban J connectivity index is 1.66. The maximum absolute atomic E-state index is 12.2. The second-order valence-electron chi connectivity index (χ2n) is 5.10. The van der Waals surface area contributed by atoms with Gasteiger partial charge in [-0.25, -0.2) is 4.98 Å². The van der Waals surface area contributed by atoms with E-state index in [0.717, 1.165) is 17.9 Å². The monoisotopic (exact) mass is 325 g/mol. The topological polar surface area (TPSA) is 75.0 Å². The Morgan fingerprint density at radius 2 is 2.22 bits per heavy atom. The van der Waals surface area contributed by atoms with Gasteiger partial charge in [0.1, 0.15) is 12.2 Å². The number of thioether (sulfide) groups is 1. The number of rotatable bonds is 4. The van der Waals surface area contributed by atoms with E-state index >= 15 is 0 Å². The van der Waals surface area contributed by atoms with E-state index in [-0.39, 0.29) is 12.0 Å². The van der Waals surface area contributed by atoms with E-state index in [0.29, 0.717) is 22.7 Å². The smallest absolute Gasteiger partial charge is 0.257 e. The largest absolute Gasteiger partial charge is 0.473 e. The van der Waals surface area contributed by atoms with E-state index in [1.165, 1.54) is 6.20 Å². The number of nitrogens with zero attached hydrogens (tertiary/aromatic N) is 2. The Morgan fingerprint density at radius 3 is 2.91 bits per heavy atom. The summed E-state index contributed by atoms with van der Waals surface area (Å²) in [5.74, 6) is 2.33. The molecule has 6 heteroatoms. The van der Waals surface area contributed by atoms with Gasteiger partial charge < -0.3 is 10.1 Å². The number of carbonyl (C=O) groups is 1. The number of nitrogens with one attached hydrogen (secondary N) is 1. The van der Waals surface area contributed by atoms with Crippen molar-refractivity contribution in [3.8, 4) is 11.9 Å². The van der Waals surface area contributed by atoms with E-state index in [4.69, 9.17) is 10.00 Å². The van der Waals surface area contributed by atoms with Crippen molar-refractivity contribution < 1.29 is 9.53 Å². The zero-order valence-corrected chi connectivity index (χ0v) is 13.2. The fourth-order valence-electron chi connectivity index (χ4n) is 2.25. The van der Waals surface area contributed by atoms with Gasteiger partial charge in [0.25, 0.3) is 5.91 Å². The highest BCUT2D eigenvalue weighted by Crippen LogP contribution is 2.22. The van der Waals surface area contributed by atoms with Gasteiger partial charge in [-0.2, -0.15) is 17.0 Å². The molecule has 1 N–H and O–H groups in total. The minimum Gasteiger partial charge on any atom is -0.473 e. The summed E-state index contributed by atoms with van der Waals surface area (Å²) < 4.78 is 5.76. The van der Waals surface area contributed by atoms with Gasteiger partial charge in [-0.3, -0.25) is 4.79 Å². The highest BCUT2D eigenvalue weighted by molar-refractivity contribution is 7.99. The van der Waals surface area contributed by atoms with Crippen molar-refractivity contribution in [2.45, 2.75) is 12.5 Å². The number of nitriles is 1. The lowest BCUT2D eigenvalue weighted by molar-refractivity contribution is 0.102. The average Bonchev–Trinajstić information content (AvgIpc) is 3.09. The summed E-state index contributed by atoms with van der Waals surface area (Å²) in [6.07, 6.45) is 2.72. The van der Waals surface area contributed by atoms with Gasteiger partial charge in [0.2, 0.25) is 5.88 Å². The standard InChI is InChI=1S/C17H15N3O2S/c18-9-12-3-1-2-4-15(12)20-17(21)13-5-6-16(19-10-13)22-14-7-8-23-11-14/h1-6,10,14H,7-8,11H2,(H,20,21)/t14-/m0/s1. The third-order valence-electron chi connectivity index (χ3n) is 3.47. The molecule has 1 aromatic heterocycles. The molecule has 1 saturated heterocycles. The Morgan fingerprint density at radius 1 is 1.35 bits per heavy atom. The van der Waals surface area contributed by atoms with Crippen LogP contribution in [0.2, 0.25) is 0 Å². The lowest BCUT2D eigenvalue weighted by Crippen LogP contribution is -2.16. The maximum atomic E-state index is 12.2. The molecule has 116 valence electrons. The molecule has 1 fully saturated rings. The molecular weight excluding hydrogens is 310 g/mol. The van der Waals surface area contributed by atoms with Gasteiger partial charge in [-0.1, -0.05) is 12.1 Å². The third kappa shape index (κ3) is 3.82. The van der Waals surface area contributed by atoms with E-state index in [1.807, 2.05) is 17.8 Å². The number of amides is 1. The van der Waals surface area contributed by atoms with Crippen molar-refractivity contribution in [3.05, 3.63) is 53.7 Å². The molecule has 2 aromatic rings. The third-order valence-corrected chi connectivity index (χ3v) is 4.60. The summed E-state index contributed by atoms with van der Waals surface area (Å²) >= 11 is 1.87. The summed E-state index contributed by atoms with van der Waals surface area (Å²) in [4.78, 5) is 16.4. The van der Waals surface area contributed by atoms with Crippen molar-refractivity contribution in [1.82, 2.24) is 4.98 Å². The molecule has 1 atom stereocenters. The lowest BCUT2D eigenvalue weighted by Gasteiger charge is -2.11. The number of pyridine rings is 1. The minimum atomic E-state index is -0.303. The van der Waals surface area contributed by atoms with Gasteiger partial charge in [0, 0.05) is 18.0 Å². The van der Waals surface area contributed by atoms with Crippen molar-refractivity contribution in [3.63, 3.8) is 0 Å². The minimum absolute atomic E-state index is 0.203. The van der Waals surface area contributed by atoms with Crippen molar-refractivity contribution >= 4 is 23.4 Å². The van der Waals surface area contributed by atoms with E-state index in [2.05, 4.69) is 10.3 Å². The molecule has 1 amide bonds. The Bertz CT molecular complexity index is 734. The normalized spacial score (nSPS) is 16.6. The average molecular weight is 325 g/mol. The number of carbonyl (C=O) groups excluding carboxylic acids is 1. The molecule has 1 aromatic carbocycles. The van der Waals surface area contributed by atoms with Crippen molar-refractivity contribution in [1.29, 1.82) is 5.26 Å². The molecular formula is C17H15N3O2S. The molecule has 0 radical (unpaired) electrons. The fraction of sp³-hybridized carbons (Fsp3) is 0.235. The maximum Gasteiger partial charge on any atom is 0.257 e. The van der Waals surface area contributed by atoms with E-state index in [1.54, 1.807) is 36.4 Å². The SMILES string of the molecule is N#Cc1ccccc1NC(=O)c1ccc(O[C@H]2CCSC2)nc1. The Hall–Kier alpha value is -2.52. The first-order valence-electron chi connectivity index (χ1n) is 7.27. The first-order chi connectivity index (χ1) is 11.3. The summed E-state index contributed by atoms with van der Waals surface area (Å²) in [6, 6.07) is 12.3. The number of anilines is 1. The van der Waals surface area contributed by atoms with Crippen molar-refractivity contribution in [2.75, 3.05) is 16.8 Å². The molecule has 0 spiro atoms. The molecule has 3 rings (SSSR count). The number of benzene rings is 1. The van der Waals surface area contributed by atoms with Crippen molar-refractivity contribution in [2.24, 2.45) is 0 Å². The van der Waals surface area contributed by atoms with Crippen LogP contribution in [0.15, 0.2) is 42.6 Å². The predicted molar refractivity (Wildman–Crippen MR) is 89.7 cm³/mol. The van der Waals surface area contributed by atoms with Crippen LogP contribution < -0.4 is 10.1 Å². The second-order valence-corrected chi connectivity index (χ2v) is 6.25. The molecule has 0 saturated carbocycles.